The monoisotopic (exact) mass is 478 g/mol. The van der Waals surface area contributed by atoms with Gasteiger partial charge < -0.3 is 0 Å². The van der Waals surface area contributed by atoms with Crippen LogP contribution in [0.25, 0.3) is 0 Å². The van der Waals surface area contributed by atoms with Crippen molar-refractivity contribution in [3.63, 3.8) is 0 Å². The van der Waals surface area contributed by atoms with Crippen LogP contribution in [-0.2, 0) is 0 Å². The maximum absolute atomic E-state index is 12.7. The average molecular weight is 479 g/mol. The first kappa shape index (κ1) is 23.9. The minimum Gasteiger partial charge on any atom is -0.279 e. The Morgan fingerprint density at radius 1 is 0.719 bits per heavy atom. The maximum atomic E-state index is 12.7. The standard InChI is InChI=1S/C18H26N10O2S2/c1-7-9-25-15(23-27-13(29)11(3)19-21-17(27)31-5)26(10-8-2)16(25)24-28-14(30)12(4)20-22-18(28)32-6/h7-10H2,1-6H3. The molecule has 0 bridgehead atoms. The summed E-state index contributed by atoms with van der Waals surface area (Å²) >= 11 is 2.58. The molecule has 14 heteroatoms. The molecule has 2 aromatic heterocycles. The lowest BCUT2D eigenvalue weighted by Gasteiger charge is -2.45. The number of thioether (sulfide) groups is 2. The van der Waals surface area contributed by atoms with E-state index in [4.69, 9.17) is 0 Å². The normalized spacial score (nSPS) is 13.4. The van der Waals surface area contributed by atoms with Crippen LogP contribution >= 0.6 is 23.5 Å². The third-order valence-electron chi connectivity index (χ3n) is 4.54. The van der Waals surface area contributed by atoms with Gasteiger partial charge in [-0.3, -0.25) is 19.4 Å². The molecule has 1 saturated heterocycles. The predicted molar refractivity (Wildman–Crippen MR) is 125 cm³/mol. The van der Waals surface area contributed by atoms with E-state index < -0.39 is 0 Å². The van der Waals surface area contributed by atoms with Gasteiger partial charge in [-0.25, -0.2) is 0 Å². The van der Waals surface area contributed by atoms with E-state index in [9.17, 15) is 9.59 Å². The summed E-state index contributed by atoms with van der Waals surface area (Å²) in [5.74, 6) is 1.13. The Labute approximate surface area is 193 Å². The molecule has 1 aliphatic heterocycles. The van der Waals surface area contributed by atoms with Gasteiger partial charge in [-0.2, -0.15) is 9.35 Å². The van der Waals surface area contributed by atoms with E-state index in [2.05, 4.69) is 30.6 Å². The molecule has 0 atom stereocenters. The van der Waals surface area contributed by atoms with Gasteiger partial charge in [0.25, 0.3) is 11.1 Å². The van der Waals surface area contributed by atoms with Crippen LogP contribution in [0.1, 0.15) is 38.1 Å². The van der Waals surface area contributed by atoms with Crippen molar-refractivity contribution >= 4 is 35.4 Å². The van der Waals surface area contributed by atoms with Crippen LogP contribution in [0, 0.1) is 13.8 Å². The molecule has 3 rings (SSSR count). The number of aromatic nitrogens is 6. The SMILES string of the molecule is CCCN1C(=Nn2c(SC)nnc(C)c2=O)N(CCC)C1=Nn1c(SC)nnc(C)c1=O. The van der Waals surface area contributed by atoms with Crippen molar-refractivity contribution < 1.29 is 0 Å². The van der Waals surface area contributed by atoms with Crippen molar-refractivity contribution in [3.05, 3.63) is 32.1 Å². The van der Waals surface area contributed by atoms with Crippen LogP contribution in [0.4, 0.5) is 0 Å². The summed E-state index contributed by atoms with van der Waals surface area (Å²) < 4.78 is 2.53. The zero-order valence-corrected chi connectivity index (χ0v) is 20.6. The Hall–Kier alpha value is -2.74. The maximum Gasteiger partial charge on any atom is 0.296 e. The molecular formula is C18H26N10O2S2. The van der Waals surface area contributed by atoms with E-state index in [1.54, 1.807) is 13.8 Å². The summed E-state index contributed by atoms with van der Waals surface area (Å²) in [7, 11) is 0. The highest BCUT2D eigenvalue weighted by atomic mass is 32.2. The van der Waals surface area contributed by atoms with Crippen LogP contribution in [-0.4, -0.2) is 77.1 Å². The van der Waals surface area contributed by atoms with Crippen LogP contribution in [0.2, 0.25) is 0 Å². The molecule has 0 spiro atoms. The average Bonchev–Trinajstić information content (AvgIpc) is 2.79. The summed E-state index contributed by atoms with van der Waals surface area (Å²) in [6.07, 6.45) is 5.25. The minimum atomic E-state index is -0.329. The van der Waals surface area contributed by atoms with Crippen molar-refractivity contribution in [2.75, 3.05) is 25.6 Å². The van der Waals surface area contributed by atoms with E-state index in [1.807, 2.05) is 36.2 Å². The molecular weight excluding hydrogens is 452 g/mol. The van der Waals surface area contributed by atoms with Gasteiger partial charge in [-0.15, -0.1) is 30.6 Å². The topological polar surface area (TPSA) is 127 Å². The first-order chi connectivity index (χ1) is 15.4. The van der Waals surface area contributed by atoms with Gasteiger partial charge in [0.15, 0.2) is 0 Å². The zero-order chi connectivity index (χ0) is 23.4. The molecule has 0 amide bonds. The number of guanidine groups is 2. The smallest absolute Gasteiger partial charge is 0.279 e. The van der Waals surface area contributed by atoms with Crippen molar-refractivity contribution in [1.82, 2.24) is 39.5 Å². The lowest BCUT2D eigenvalue weighted by atomic mass is 10.3. The largest absolute Gasteiger partial charge is 0.296 e. The quantitative estimate of drug-likeness (QED) is 0.508. The second kappa shape index (κ2) is 10.3. The third-order valence-corrected chi connectivity index (χ3v) is 5.78. The van der Waals surface area contributed by atoms with Crippen molar-refractivity contribution in [1.29, 1.82) is 0 Å². The van der Waals surface area contributed by atoms with Gasteiger partial charge in [0.1, 0.15) is 11.4 Å². The molecule has 0 N–H and O–H groups in total. The summed E-state index contributed by atoms with van der Waals surface area (Å²) in [6.45, 7) is 8.50. The lowest BCUT2D eigenvalue weighted by molar-refractivity contribution is 0.348. The second-order valence-electron chi connectivity index (χ2n) is 6.88. The van der Waals surface area contributed by atoms with Gasteiger partial charge in [0, 0.05) is 13.1 Å². The Morgan fingerprint density at radius 2 is 1.09 bits per heavy atom. The van der Waals surface area contributed by atoms with E-state index >= 15 is 0 Å². The summed E-state index contributed by atoms with van der Waals surface area (Å²) in [5.41, 5.74) is -0.132. The van der Waals surface area contributed by atoms with E-state index in [0.29, 0.717) is 35.3 Å². The van der Waals surface area contributed by atoms with Gasteiger partial charge in [-0.1, -0.05) is 37.4 Å². The number of hydrogen-bond donors (Lipinski definition) is 0. The number of hydrogen-bond acceptors (Lipinski definition) is 10. The highest BCUT2D eigenvalue weighted by Gasteiger charge is 2.39. The molecule has 0 aliphatic carbocycles. The Morgan fingerprint density at radius 3 is 1.41 bits per heavy atom. The summed E-state index contributed by atoms with van der Waals surface area (Å²) in [6, 6.07) is 0. The van der Waals surface area contributed by atoms with Crippen LogP contribution in [0.5, 0.6) is 0 Å². The predicted octanol–water partition coefficient (Wildman–Crippen LogP) is 1.03. The van der Waals surface area contributed by atoms with Gasteiger partial charge >= 0.3 is 0 Å². The first-order valence-corrected chi connectivity index (χ1v) is 12.6. The molecule has 3 heterocycles. The third kappa shape index (κ3) is 4.41. The molecule has 1 aliphatic rings. The fourth-order valence-corrected chi connectivity index (χ4v) is 3.82. The molecule has 1 fully saturated rings. The minimum absolute atomic E-state index is 0.263. The van der Waals surface area contributed by atoms with E-state index in [1.165, 1.54) is 32.9 Å². The molecule has 12 nitrogen and oxygen atoms in total. The van der Waals surface area contributed by atoms with Crippen molar-refractivity contribution in [2.45, 2.75) is 50.8 Å². The molecule has 0 radical (unpaired) electrons. The van der Waals surface area contributed by atoms with Gasteiger partial charge in [0.05, 0.1) is 0 Å². The molecule has 0 unspecified atom stereocenters. The lowest BCUT2D eigenvalue weighted by Crippen LogP contribution is -2.66. The van der Waals surface area contributed by atoms with Gasteiger partial charge in [0.2, 0.25) is 22.2 Å². The van der Waals surface area contributed by atoms with Crippen LogP contribution in [0.15, 0.2) is 30.1 Å². The highest BCUT2D eigenvalue weighted by Crippen LogP contribution is 2.20. The number of aryl methyl sites for hydroxylation is 2. The Kier molecular flexibility index (Phi) is 7.66. The van der Waals surface area contributed by atoms with Crippen molar-refractivity contribution in [3.8, 4) is 0 Å². The molecule has 2 aromatic rings. The second-order valence-corrected chi connectivity index (χ2v) is 8.43. The first-order valence-electron chi connectivity index (χ1n) is 10.1. The van der Waals surface area contributed by atoms with E-state index in [0.717, 1.165) is 12.8 Å². The summed E-state index contributed by atoms with van der Waals surface area (Å²) in [4.78, 5) is 29.2. The molecule has 32 heavy (non-hydrogen) atoms. The zero-order valence-electron chi connectivity index (χ0n) is 18.9. The van der Waals surface area contributed by atoms with Crippen molar-refractivity contribution in [2.24, 2.45) is 10.2 Å². The molecule has 0 saturated carbocycles. The van der Waals surface area contributed by atoms with Crippen LogP contribution < -0.4 is 11.1 Å². The van der Waals surface area contributed by atoms with Gasteiger partial charge in [-0.05, 0) is 39.2 Å². The Bertz CT molecular complexity index is 1070. The molecule has 0 aromatic carbocycles. The number of rotatable bonds is 8. The Balaban J connectivity index is 2.17. The summed E-state index contributed by atoms with van der Waals surface area (Å²) in [5, 5.41) is 26.0. The number of nitrogens with zero attached hydrogens (tertiary/aromatic N) is 10. The fraction of sp³-hybridized carbons (Fsp3) is 0.556. The fourth-order valence-electron chi connectivity index (χ4n) is 2.98. The highest BCUT2D eigenvalue weighted by molar-refractivity contribution is 7.98. The molecule has 172 valence electrons. The van der Waals surface area contributed by atoms with Crippen LogP contribution in [0.3, 0.4) is 0 Å². The van der Waals surface area contributed by atoms with E-state index in [-0.39, 0.29) is 22.5 Å².